The van der Waals surface area contributed by atoms with E-state index in [1.54, 1.807) is 93.4 Å². The number of methoxy groups -OCH3 is 2. The number of amides is 12. The van der Waals surface area contributed by atoms with Gasteiger partial charge in [-0.15, -0.1) is 11.3 Å². The number of primary amides is 1. The van der Waals surface area contributed by atoms with Gasteiger partial charge in [0.2, 0.25) is 47.3 Å². The van der Waals surface area contributed by atoms with E-state index < -0.39 is 113 Å². The van der Waals surface area contributed by atoms with Gasteiger partial charge < -0.3 is 82.9 Å². The van der Waals surface area contributed by atoms with E-state index in [2.05, 4.69) is 58.2 Å². The van der Waals surface area contributed by atoms with E-state index in [4.69, 9.17) is 19.9 Å². The molecule has 0 unspecified atom stereocenters. The highest BCUT2D eigenvalue weighted by Crippen LogP contribution is 2.32. The first-order chi connectivity index (χ1) is 54.6. The lowest BCUT2D eigenvalue weighted by Crippen LogP contribution is -2.62. The Labute approximate surface area is 691 Å². The van der Waals surface area contributed by atoms with Gasteiger partial charge in [0.05, 0.1) is 55.3 Å². The number of anilines is 1. The van der Waals surface area contributed by atoms with Gasteiger partial charge in [-0.3, -0.25) is 47.9 Å². The van der Waals surface area contributed by atoms with Gasteiger partial charge in [-0.05, 0) is 154 Å². The van der Waals surface area contributed by atoms with E-state index in [1.807, 2.05) is 131 Å². The Bertz CT molecular complexity index is 3780. The molecule has 12 atom stereocenters. The lowest BCUT2D eigenvalue weighted by Gasteiger charge is -2.41. The fourth-order valence-corrected chi connectivity index (χ4v) is 14.5. The quantitative estimate of drug-likeness (QED) is 0.0184. The van der Waals surface area contributed by atoms with Crippen LogP contribution in [0.3, 0.4) is 0 Å². The van der Waals surface area contributed by atoms with Gasteiger partial charge in [-0.25, -0.2) is 14.6 Å². The molecular weight excluding hydrogens is 1500 g/mol. The van der Waals surface area contributed by atoms with E-state index in [0.717, 1.165) is 22.6 Å². The Kier molecular flexibility index (Phi) is 41.3. The largest absolute Gasteiger partial charge is 0.450 e. The number of benzene rings is 3. The number of unbranched alkanes of at least 4 members (excludes halogenated alkanes) is 1. The van der Waals surface area contributed by atoms with Crippen LogP contribution in [0.1, 0.15) is 214 Å². The number of aromatic nitrogens is 1. The van der Waals surface area contributed by atoms with Crippen molar-refractivity contribution in [3.63, 3.8) is 0 Å². The molecule has 12 N–H and O–H groups in total. The number of hydrogen-bond donors (Lipinski definition) is 11. The average molecular weight is 1640 g/mol. The van der Waals surface area contributed by atoms with Crippen molar-refractivity contribution < 1.29 is 71.7 Å². The number of carbonyl (C=O) groups is 12. The summed E-state index contributed by atoms with van der Waals surface area (Å²) in [5.41, 5.74) is 5.93. The Morgan fingerprint density at radius 1 is 0.672 bits per heavy atom. The number of carbonyl (C=O) groups excluding carboxylic acids is 12. The van der Waals surface area contributed by atoms with Gasteiger partial charge in [-0.2, -0.15) is 0 Å². The molecule has 1 aromatic heterocycles. The van der Waals surface area contributed by atoms with Crippen LogP contribution in [0.2, 0.25) is 0 Å². The fraction of sp³-hybridized carbons (Fsp3) is 0.616. The second kappa shape index (κ2) is 48.3. The van der Waals surface area contributed by atoms with Gasteiger partial charge >= 0.3 is 12.1 Å². The zero-order chi connectivity index (χ0) is 86.8. The van der Waals surface area contributed by atoms with Crippen LogP contribution in [0, 0.1) is 36.0 Å². The normalized spacial score (nSPS) is 15.8. The maximum Gasteiger partial charge on any atom is 0.407 e. The number of likely N-dealkylation sites (N-methyl/N-ethyl adjacent to an activating group) is 1. The molecule has 1 fully saturated rings. The number of Topliss-reactive ketones (excluding diaryl/α,β-unsaturated/α-hetero) is 1. The average Bonchev–Trinajstić information content (AvgIpc) is 1.52. The number of nitrogens with one attached hydrogen (secondary N) is 10. The summed E-state index contributed by atoms with van der Waals surface area (Å²) in [5.74, 6) is -4.86. The molecule has 30 heteroatoms. The predicted octanol–water partition coefficient (Wildman–Crippen LogP) is 9.37. The van der Waals surface area contributed by atoms with E-state index in [1.165, 1.54) is 32.3 Å². The molecule has 3 aromatic carbocycles. The van der Waals surface area contributed by atoms with Crippen molar-refractivity contribution in [3.8, 4) is 0 Å². The molecule has 0 radical (unpaired) electrons. The Hall–Kier alpha value is -9.39. The van der Waals surface area contributed by atoms with Crippen molar-refractivity contribution in [2.24, 2.45) is 34.8 Å². The molecule has 0 spiro atoms. The number of ketones is 1. The topological polar surface area (TPSA) is 398 Å². The second-order valence-corrected chi connectivity index (χ2v) is 34.2. The summed E-state index contributed by atoms with van der Waals surface area (Å²) in [7, 11) is 4.79. The lowest BCUT2D eigenvalue weighted by molar-refractivity contribution is -0.148. The van der Waals surface area contributed by atoms with Crippen molar-refractivity contribution in [2.75, 3.05) is 52.8 Å². The third kappa shape index (κ3) is 33.0. The van der Waals surface area contributed by atoms with Crippen LogP contribution >= 0.6 is 11.3 Å². The minimum Gasteiger partial charge on any atom is -0.450 e. The first-order valence-electron chi connectivity index (χ1n) is 40.7. The molecule has 644 valence electrons. The second-order valence-electron chi connectivity index (χ2n) is 33.3. The van der Waals surface area contributed by atoms with Crippen molar-refractivity contribution in [3.05, 3.63) is 118 Å². The fourth-order valence-electron chi connectivity index (χ4n) is 13.8. The SMILES string of the molecule is CCOC(=O)NC(C)(C)C(=O)N[C@H](C(=O)N(C)[C@@H]([C@@H](C)CC)[C@@H](CC(=O)N1CCC[C@H]1[C@H](OC)[C@@H](C)C(=O)N[C@@H](Cc1ccccc1)c1nccs1)OC)C(C)C.Cc1ccc(NC(=O)[C@H](CCCNC(N)=O)NC(=O)[C@@H](NC(=O)[C@H](CCCCNC(=O)CC[C@@H](NC(C)(C)C)C(=O)C(C)(C)C)NC(=O)c2ccccc2)C(C)C)cc1. The highest BCUT2D eigenvalue weighted by Gasteiger charge is 2.45. The van der Waals surface area contributed by atoms with Crippen LogP contribution < -0.4 is 58.9 Å². The highest BCUT2D eigenvalue weighted by atomic mass is 32.1. The maximum absolute atomic E-state index is 14.3. The van der Waals surface area contributed by atoms with Gasteiger partial charge in [0.25, 0.3) is 5.91 Å². The summed E-state index contributed by atoms with van der Waals surface area (Å²) in [5, 5.41) is 31.3. The predicted molar refractivity (Wildman–Crippen MR) is 451 cm³/mol. The van der Waals surface area contributed by atoms with Crippen LogP contribution in [0.4, 0.5) is 15.3 Å². The zero-order valence-corrected chi connectivity index (χ0v) is 72.9. The number of urea groups is 1. The summed E-state index contributed by atoms with van der Waals surface area (Å²) in [4.78, 5) is 167. The van der Waals surface area contributed by atoms with Crippen molar-refractivity contribution in [2.45, 2.75) is 266 Å². The summed E-state index contributed by atoms with van der Waals surface area (Å²) in [6.45, 7) is 32.4. The molecule has 0 aliphatic carbocycles. The smallest absolute Gasteiger partial charge is 0.407 e. The first-order valence-corrected chi connectivity index (χ1v) is 41.5. The summed E-state index contributed by atoms with van der Waals surface area (Å²) < 4.78 is 17.0. The number of aryl methyl sites for hydroxylation is 1. The van der Waals surface area contributed by atoms with Gasteiger partial charge in [-0.1, -0.05) is 142 Å². The number of hydrogen-bond acceptors (Lipinski definition) is 18. The van der Waals surface area contributed by atoms with E-state index >= 15 is 0 Å². The molecular formula is C86H134N14O15S. The van der Waals surface area contributed by atoms with Crippen LogP contribution in [0.15, 0.2) is 96.5 Å². The molecule has 1 saturated heterocycles. The summed E-state index contributed by atoms with van der Waals surface area (Å²) >= 11 is 1.49. The minimum absolute atomic E-state index is 0.00493. The number of nitrogens with two attached hydrogens (primary N) is 1. The Balaban J connectivity index is 0.000000489. The molecule has 2 heterocycles. The standard InChI is InChI=1S/C44H68N8O7.C42H66N6O8S/c1-28(2)36(41(58)50-34(19-15-27-47-42(45)59)39(56)48-31-22-20-29(3)21-23-31)51-40(57)33(49-38(55)30-16-11-10-12-17-30)18-13-14-26-46-35(53)25-24-32(52-44(7,8)9)37(54)43(4,5)6;1-12-27(5)35(47(9)39(51)34(26(3)4)45-40(52)42(7,8)46-41(53)56-13-2)32(54-10)25-33(49)48-22-17-20-31(48)36(55-11)28(6)37(50)44-30(38-43-21-23-57-38)24-29-18-15-14-16-19-29/h10-12,16-17,20-23,28,32-34,36,52H,13-15,18-19,24-27H2,1-9H3,(H,46,53)(H,48,56)(H,49,55)(H,50,58)(H,51,57)(H3,45,47,59);14-16,18-19,21,23,26-28,30-32,34-36H,12-13,17,20,22,24-25H2,1-11H3,(H,44,50)(H,45,52)(H,46,53)/t32-,33+,34+,36+;27-,28+,30-,31-,32+,34-,35-,36+/m10/s1. The Morgan fingerprint density at radius 3 is 1.84 bits per heavy atom. The molecule has 0 bridgehead atoms. The van der Waals surface area contributed by atoms with Gasteiger partial charge in [0.1, 0.15) is 34.7 Å². The minimum atomic E-state index is -1.36. The third-order valence-electron chi connectivity index (χ3n) is 20.5. The monoisotopic (exact) mass is 1630 g/mol. The molecule has 0 saturated carbocycles. The zero-order valence-electron chi connectivity index (χ0n) is 72.1. The maximum atomic E-state index is 14.3. The number of ether oxygens (including phenoxy) is 3. The van der Waals surface area contributed by atoms with E-state index in [0.29, 0.717) is 69.3 Å². The van der Waals surface area contributed by atoms with Crippen molar-refractivity contribution in [1.29, 1.82) is 0 Å². The van der Waals surface area contributed by atoms with Crippen LogP contribution in [-0.2, 0) is 63.8 Å². The number of nitrogens with zero attached hydrogens (tertiary/aromatic N) is 3. The van der Waals surface area contributed by atoms with Gasteiger partial charge in [0, 0.05) is 81.1 Å². The van der Waals surface area contributed by atoms with Crippen LogP contribution in [0.25, 0.3) is 0 Å². The van der Waals surface area contributed by atoms with Crippen molar-refractivity contribution >= 4 is 88.1 Å². The number of alkyl carbamates (subject to hydrolysis) is 1. The molecule has 29 nitrogen and oxygen atoms in total. The first kappa shape index (κ1) is 99.0. The molecule has 1 aliphatic heterocycles. The molecule has 1 aliphatic rings. The van der Waals surface area contributed by atoms with E-state index in [9.17, 15) is 57.5 Å². The summed E-state index contributed by atoms with van der Waals surface area (Å²) in [6, 6.07) is 19.2. The van der Waals surface area contributed by atoms with Gasteiger partial charge in [0.15, 0.2) is 5.78 Å². The van der Waals surface area contributed by atoms with E-state index in [-0.39, 0.29) is 97.7 Å². The number of likely N-dealkylation sites (tertiary alicyclic amines) is 1. The van der Waals surface area contributed by atoms with Crippen molar-refractivity contribution in [1.82, 2.24) is 62.6 Å². The molecule has 4 aromatic rings. The highest BCUT2D eigenvalue weighted by molar-refractivity contribution is 7.09. The molecule has 116 heavy (non-hydrogen) atoms. The number of thiazole rings is 1. The summed E-state index contributed by atoms with van der Waals surface area (Å²) in [6.07, 6.45) is 4.60. The lowest BCUT2D eigenvalue weighted by atomic mass is 9.84. The van der Waals surface area contributed by atoms with Crippen LogP contribution in [0.5, 0.6) is 0 Å². The third-order valence-corrected chi connectivity index (χ3v) is 21.4. The van der Waals surface area contributed by atoms with Crippen LogP contribution in [-0.4, -0.2) is 199 Å². The molecule has 5 rings (SSSR count). The molecule has 12 amide bonds. The number of rotatable bonds is 44. The Morgan fingerprint density at radius 2 is 1.28 bits per heavy atom.